The minimum Gasteiger partial charge on any atom is -0.421 e. The van der Waals surface area contributed by atoms with E-state index in [2.05, 4.69) is 39.7 Å². The van der Waals surface area contributed by atoms with E-state index in [1.165, 1.54) is 44.6 Å². The molecule has 4 heteroatoms. The topological polar surface area (TPSA) is 18.5 Å². The van der Waals surface area contributed by atoms with Crippen molar-refractivity contribution >= 4 is 16.6 Å². The summed E-state index contributed by atoms with van der Waals surface area (Å²) in [6.07, 6.45) is 8.37. The molecule has 0 fully saturated rings. The van der Waals surface area contributed by atoms with Gasteiger partial charge in [-0.25, -0.2) is 0 Å². The Morgan fingerprint density at radius 1 is 0.609 bits per heavy atom. The van der Waals surface area contributed by atoms with Gasteiger partial charge in [-0.2, -0.15) is 0 Å². The van der Waals surface area contributed by atoms with E-state index >= 15 is 0 Å². The van der Waals surface area contributed by atoms with Gasteiger partial charge in [0.25, 0.3) is 0 Å². The smallest absolute Gasteiger partial charge is 0.186 e. The molecule has 0 spiro atoms. The molecule has 0 N–H and O–H groups in total. The number of hydrogen-bond acceptors (Lipinski definition) is 2. The van der Waals surface area contributed by atoms with Gasteiger partial charge in [0.2, 0.25) is 0 Å². The first-order valence-electron chi connectivity index (χ1n) is 9.79. The summed E-state index contributed by atoms with van der Waals surface area (Å²) in [6.45, 7) is 21.4. The van der Waals surface area contributed by atoms with E-state index in [1.807, 2.05) is 34.8 Å². The van der Waals surface area contributed by atoms with E-state index < -0.39 is 16.6 Å². The standard InChI is InChI=1S/C11H26OSi.C4H12OSi.2C2H6/c1-5-6-7-8-9-10-11-13(3,4)12-2;1-5-6(2,3)4;2*1-2/h5-11H2,1-4H3;1-4H3;2*1-2H3. The maximum atomic E-state index is 5.50. The quantitative estimate of drug-likeness (QED) is 0.307. The van der Waals surface area contributed by atoms with Crippen LogP contribution in [-0.4, -0.2) is 30.9 Å². The predicted molar refractivity (Wildman–Crippen MR) is 116 cm³/mol. The van der Waals surface area contributed by atoms with Crippen molar-refractivity contribution in [3.63, 3.8) is 0 Å². The van der Waals surface area contributed by atoms with Crippen LogP contribution in [0.25, 0.3) is 0 Å². The summed E-state index contributed by atoms with van der Waals surface area (Å²) in [4.78, 5) is 0. The maximum Gasteiger partial charge on any atom is 0.186 e. The molecule has 0 aliphatic heterocycles. The largest absolute Gasteiger partial charge is 0.421 e. The van der Waals surface area contributed by atoms with Gasteiger partial charge in [0.05, 0.1) is 0 Å². The van der Waals surface area contributed by atoms with Crippen molar-refractivity contribution in [1.82, 2.24) is 0 Å². The van der Waals surface area contributed by atoms with Crippen LogP contribution < -0.4 is 0 Å². The molecule has 146 valence electrons. The van der Waals surface area contributed by atoms with Crippen molar-refractivity contribution in [3.05, 3.63) is 0 Å². The van der Waals surface area contributed by atoms with Gasteiger partial charge in [0.15, 0.2) is 16.6 Å². The number of rotatable bonds is 9. The van der Waals surface area contributed by atoms with E-state index in [-0.39, 0.29) is 0 Å². The maximum absolute atomic E-state index is 5.50. The second kappa shape index (κ2) is 22.4. The lowest BCUT2D eigenvalue weighted by Gasteiger charge is -2.19. The summed E-state index contributed by atoms with van der Waals surface area (Å²) in [5.74, 6) is 0. The summed E-state index contributed by atoms with van der Waals surface area (Å²) in [6, 6.07) is 1.33. The summed E-state index contributed by atoms with van der Waals surface area (Å²) >= 11 is 0. The van der Waals surface area contributed by atoms with E-state index in [9.17, 15) is 0 Å². The second-order valence-corrected chi connectivity index (χ2v) is 15.9. The molecule has 0 radical (unpaired) electrons. The number of hydrogen-bond donors (Lipinski definition) is 0. The third-order valence-corrected chi connectivity index (χ3v) is 7.18. The molecule has 0 saturated carbocycles. The van der Waals surface area contributed by atoms with Crippen molar-refractivity contribution in [3.8, 4) is 0 Å². The van der Waals surface area contributed by atoms with Crippen LogP contribution in [0.3, 0.4) is 0 Å². The second-order valence-electron chi connectivity index (χ2n) is 6.80. The van der Waals surface area contributed by atoms with E-state index in [0.717, 1.165) is 0 Å². The predicted octanol–water partition coefficient (Wildman–Crippen LogP) is 7.72. The average molecular weight is 367 g/mol. The zero-order valence-corrected chi connectivity index (χ0v) is 20.8. The van der Waals surface area contributed by atoms with Gasteiger partial charge in [0, 0.05) is 14.2 Å². The molecule has 0 aromatic carbocycles. The van der Waals surface area contributed by atoms with Crippen LogP contribution in [-0.2, 0) is 8.85 Å². The highest BCUT2D eigenvalue weighted by Crippen LogP contribution is 2.16. The van der Waals surface area contributed by atoms with Crippen molar-refractivity contribution in [2.45, 2.75) is 112 Å². The van der Waals surface area contributed by atoms with Crippen molar-refractivity contribution in [2.75, 3.05) is 14.2 Å². The Kier molecular flexibility index (Phi) is 30.3. The summed E-state index contributed by atoms with van der Waals surface area (Å²) in [5, 5.41) is 0. The van der Waals surface area contributed by atoms with Gasteiger partial charge in [-0.3, -0.25) is 0 Å². The molecule has 0 aliphatic carbocycles. The van der Waals surface area contributed by atoms with Gasteiger partial charge >= 0.3 is 0 Å². The zero-order chi connectivity index (χ0) is 19.4. The highest BCUT2D eigenvalue weighted by molar-refractivity contribution is 6.71. The Labute approximate surface area is 152 Å². The lowest BCUT2D eigenvalue weighted by molar-refractivity contribution is 0.400. The van der Waals surface area contributed by atoms with Gasteiger partial charge in [-0.05, 0) is 38.8 Å². The van der Waals surface area contributed by atoms with Crippen LogP contribution in [0.15, 0.2) is 0 Å². The molecular formula is C19H50O2Si2. The minimum absolute atomic E-state index is 1.13. The van der Waals surface area contributed by atoms with Crippen LogP contribution in [0.2, 0.25) is 38.8 Å². The molecular weight excluding hydrogens is 316 g/mol. The Balaban J connectivity index is -0.000000151. The summed E-state index contributed by atoms with van der Waals surface area (Å²) in [7, 11) is 1.26. The molecule has 0 amide bonds. The number of unbranched alkanes of at least 4 members (excludes halogenated alkanes) is 5. The highest BCUT2D eigenvalue weighted by atomic mass is 28.4. The van der Waals surface area contributed by atoms with E-state index in [4.69, 9.17) is 8.85 Å². The van der Waals surface area contributed by atoms with E-state index in [0.29, 0.717) is 0 Å². The van der Waals surface area contributed by atoms with Gasteiger partial charge in [-0.15, -0.1) is 0 Å². The molecule has 0 rings (SSSR count). The van der Waals surface area contributed by atoms with Gasteiger partial charge < -0.3 is 8.85 Å². The van der Waals surface area contributed by atoms with Crippen LogP contribution in [0, 0.1) is 0 Å². The molecule has 0 unspecified atom stereocenters. The first kappa shape index (κ1) is 31.2. The van der Waals surface area contributed by atoms with Crippen LogP contribution in [0.1, 0.15) is 73.1 Å². The van der Waals surface area contributed by atoms with E-state index in [1.54, 1.807) is 7.11 Å². The molecule has 2 nitrogen and oxygen atoms in total. The van der Waals surface area contributed by atoms with Gasteiger partial charge in [0.1, 0.15) is 0 Å². The lowest BCUT2D eigenvalue weighted by Crippen LogP contribution is -2.27. The minimum atomic E-state index is -1.25. The summed E-state index contributed by atoms with van der Waals surface area (Å²) in [5.41, 5.74) is 0. The fourth-order valence-corrected chi connectivity index (χ4v) is 2.74. The van der Waals surface area contributed by atoms with Crippen molar-refractivity contribution in [1.29, 1.82) is 0 Å². The Morgan fingerprint density at radius 3 is 1.26 bits per heavy atom. The first-order valence-corrected chi connectivity index (χ1v) is 16.3. The third-order valence-electron chi connectivity index (χ3n) is 3.30. The molecule has 0 saturated heterocycles. The fourth-order valence-electron chi connectivity index (χ4n) is 1.43. The van der Waals surface area contributed by atoms with Crippen molar-refractivity contribution in [2.24, 2.45) is 0 Å². The van der Waals surface area contributed by atoms with Crippen LogP contribution >= 0.6 is 0 Å². The Bertz CT molecular complexity index is 190. The van der Waals surface area contributed by atoms with Crippen LogP contribution in [0.5, 0.6) is 0 Å². The van der Waals surface area contributed by atoms with Gasteiger partial charge in [-0.1, -0.05) is 73.1 Å². The normalized spacial score (nSPS) is 10.4. The fraction of sp³-hybridized carbons (Fsp3) is 1.00. The Hall–Kier alpha value is 0.354. The SMILES string of the molecule is CC.CC.CCCCCCCC[Si](C)(C)OC.CO[Si](C)(C)C. The third kappa shape index (κ3) is 39.3. The molecule has 0 heterocycles. The van der Waals surface area contributed by atoms with Crippen molar-refractivity contribution < 1.29 is 8.85 Å². The molecule has 0 bridgehead atoms. The van der Waals surface area contributed by atoms with Crippen LogP contribution in [0.4, 0.5) is 0 Å². The molecule has 0 atom stereocenters. The average Bonchev–Trinajstić information content (AvgIpc) is 2.54. The highest BCUT2D eigenvalue weighted by Gasteiger charge is 2.18. The summed E-state index contributed by atoms with van der Waals surface area (Å²) < 4.78 is 10.6. The first-order chi connectivity index (χ1) is 10.7. The monoisotopic (exact) mass is 366 g/mol. The molecule has 23 heavy (non-hydrogen) atoms. The Morgan fingerprint density at radius 2 is 0.957 bits per heavy atom. The molecule has 0 aromatic rings. The zero-order valence-electron chi connectivity index (χ0n) is 18.8. The molecule has 0 aromatic heterocycles. The lowest BCUT2D eigenvalue weighted by atomic mass is 10.1. The molecule has 0 aliphatic rings.